The van der Waals surface area contributed by atoms with Crippen molar-refractivity contribution in [2.75, 3.05) is 7.11 Å². The number of carbonyl (C=O) groups is 1. The van der Waals surface area contributed by atoms with Gasteiger partial charge < -0.3 is 9.47 Å². The SMILES string of the molecule is COC(=O)/C=C(\C)CC/C=C(/C)CCCC1OC1(C)C. The molecule has 1 heterocycles. The van der Waals surface area contributed by atoms with Crippen LogP contribution in [-0.4, -0.2) is 24.8 Å². The summed E-state index contributed by atoms with van der Waals surface area (Å²) >= 11 is 0. The van der Waals surface area contributed by atoms with Gasteiger partial charge in [0.15, 0.2) is 0 Å². The van der Waals surface area contributed by atoms with Crippen molar-refractivity contribution >= 4 is 5.97 Å². The average molecular weight is 280 g/mol. The number of esters is 1. The summed E-state index contributed by atoms with van der Waals surface area (Å²) in [5, 5.41) is 0. The maximum atomic E-state index is 11.1. The third-order valence-corrected chi connectivity index (χ3v) is 3.80. The molecule has 3 heteroatoms. The number of methoxy groups -OCH3 is 1. The third kappa shape index (κ3) is 6.38. The second-order valence-electron chi connectivity index (χ2n) is 6.21. The van der Waals surface area contributed by atoms with Gasteiger partial charge in [0.2, 0.25) is 0 Å². The van der Waals surface area contributed by atoms with Gasteiger partial charge in [-0.05, 0) is 59.8 Å². The van der Waals surface area contributed by atoms with Crippen molar-refractivity contribution in [3.63, 3.8) is 0 Å². The van der Waals surface area contributed by atoms with Gasteiger partial charge in [-0.2, -0.15) is 0 Å². The van der Waals surface area contributed by atoms with Crippen LogP contribution in [0.3, 0.4) is 0 Å². The fraction of sp³-hybridized carbons (Fsp3) is 0.706. The van der Waals surface area contributed by atoms with Gasteiger partial charge in [0.25, 0.3) is 0 Å². The van der Waals surface area contributed by atoms with E-state index in [0.29, 0.717) is 6.10 Å². The van der Waals surface area contributed by atoms with Crippen LogP contribution >= 0.6 is 0 Å². The van der Waals surface area contributed by atoms with Gasteiger partial charge in [-0.3, -0.25) is 0 Å². The van der Waals surface area contributed by atoms with Crippen LogP contribution in [-0.2, 0) is 14.3 Å². The summed E-state index contributed by atoms with van der Waals surface area (Å²) in [4.78, 5) is 11.1. The molecule has 1 aliphatic rings. The van der Waals surface area contributed by atoms with E-state index < -0.39 is 0 Å². The Balaban J connectivity index is 2.15. The van der Waals surface area contributed by atoms with Gasteiger partial charge >= 0.3 is 5.97 Å². The summed E-state index contributed by atoms with van der Waals surface area (Å²) in [7, 11) is 1.40. The predicted octanol–water partition coefficient (Wildman–Crippen LogP) is 4.18. The van der Waals surface area contributed by atoms with Crippen LogP contribution in [0.2, 0.25) is 0 Å². The van der Waals surface area contributed by atoms with Crippen molar-refractivity contribution in [1.29, 1.82) is 0 Å². The number of carbonyl (C=O) groups excluding carboxylic acids is 1. The fourth-order valence-electron chi connectivity index (χ4n) is 2.29. The molecule has 0 N–H and O–H groups in total. The van der Waals surface area contributed by atoms with Crippen LogP contribution in [0.15, 0.2) is 23.3 Å². The highest BCUT2D eigenvalue weighted by atomic mass is 16.6. The molecule has 0 aromatic heterocycles. The number of allylic oxidation sites excluding steroid dienone is 3. The molecule has 1 rings (SSSR count). The minimum absolute atomic E-state index is 0.118. The molecule has 1 aliphatic heterocycles. The van der Waals surface area contributed by atoms with E-state index in [9.17, 15) is 4.79 Å². The van der Waals surface area contributed by atoms with Crippen LogP contribution in [0.25, 0.3) is 0 Å². The van der Waals surface area contributed by atoms with Gasteiger partial charge in [-0.25, -0.2) is 4.79 Å². The lowest BCUT2D eigenvalue weighted by Gasteiger charge is -2.02. The molecule has 1 fully saturated rings. The largest absolute Gasteiger partial charge is 0.466 e. The number of hydrogen-bond donors (Lipinski definition) is 0. The first-order valence-corrected chi connectivity index (χ1v) is 7.43. The van der Waals surface area contributed by atoms with Gasteiger partial charge in [0, 0.05) is 6.08 Å². The summed E-state index contributed by atoms with van der Waals surface area (Å²) in [5.41, 5.74) is 2.61. The maximum absolute atomic E-state index is 11.1. The van der Waals surface area contributed by atoms with Gasteiger partial charge in [0.1, 0.15) is 0 Å². The topological polar surface area (TPSA) is 38.8 Å². The number of ether oxygens (including phenoxy) is 2. The Labute approximate surface area is 123 Å². The van der Waals surface area contributed by atoms with E-state index in [0.717, 1.165) is 31.3 Å². The molecule has 1 saturated heterocycles. The Morgan fingerprint density at radius 1 is 1.25 bits per heavy atom. The van der Waals surface area contributed by atoms with Gasteiger partial charge in [0.05, 0.1) is 18.8 Å². The zero-order valence-corrected chi connectivity index (χ0v) is 13.5. The quantitative estimate of drug-likeness (QED) is 0.290. The highest BCUT2D eigenvalue weighted by molar-refractivity contribution is 5.82. The highest BCUT2D eigenvalue weighted by Crippen LogP contribution is 2.38. The molecule has 0 saturated carbocycles. The van der Waals surface area contributed by atoms with Gasteiger partial charge in [-0.1, -0.05) is 17.2 Å². The molecule has 0 bridgehead atoms. The molecule has 0 aliphatic carbocycles. The standard InChI is InChI=1S/C17H28O3/c1-13(9-7-11-15-17(3,4)20-15)8-6-10-14(2)12-16(18)19-5/h8,12,15H,6-7,9-11H2,1-5H3/b13-8-,14-12+. The lowest BCUT2D eigenvalue weighted by molar-refractivity contribution is -0.134. The summed E-state index contributed by atoms with van der Waals surface area (Å²) in [5.74, 6) is -0.268. The second kappa shape index (κ2) is 7.63. The van der Waals surface area contributed by atoms with E-state index in [4.69, 9.17) is 4.74 Å². The lowest BCUT2D eigenvalue weighted by Crippen LogP contribution is -2.02. The Morgan fingerprint density at radius 2 is 1.90 bits per heavy atom. The van der Waals surface area contributed by atoms with Crippen molar-refractivity contribution in [3.05, 3.63) is 23.3 Å². The van der Waals surface area contributed by atoms with E-state index in [-0.39, 0.29) is 11.6 Å². The molecule has 0 aromatic rings. The maximum Gasteiger partial charge on any atom is 0.330 e. The lowest BCUT2D eigenvalue weighted by atomic mass is 10.0. The average Bonchev–Trinajstić information content (AvgIpc) is 2.96. The Bertz CT molecular complexity index is 391. The highest BCUT2D eigenvalue weighted by Gasteiger charge is 2.46. The normalized spacial score (nSPS) is 21.8. The van der Waals surface area contributed by atoms with Crippen molar-refractivity contribution in [1.82, 2.24) is 0 Å². The summed E-state index contributed by atoms with van der Waals surface area (Å²) in [6.45, 7) is 8.44. The van der Waals surface area contributed by atoms with Crippen molar-refractivity contribution < 1.29 is 14.3 Å². The van der Waals surface area contributed by atoms with E-state index >= 15 is 0 Å². The summed E-state index contributed by atoms with van der Waals surface area (Å²) < 4.78 is 10.2. The molecular formula is C17H28O3. The first-order chi connectivity index (χ1) is 9.35. The molecule has 0 aromatic carbocycles. The fourth-order valence-corrected chi connectivity index (χ4v) is 2.29. The monoisotopic (exact) mass is 280 g/mol. The number of rotatable bonds is 8. The summed E-state index contributed by atoms with van der Waals surface area (Å²) in [6, 6.07) is 0. The van der Waals surface area contributed by atoms with Crippen molar-refractivity contribution in [2.24, 2.45) is 0 Å². The smallest absolute Gasteiger partial charge is 0.330 e. The van der Waals surface area contributed by atoms with Crippen molar-refractivity contribution in [3.8, 4) is 0 Å². The molecule has 0 spiro atoms. The van der Waals surface area contributed by atoms with Gasteiger partial charge in [-0.15, -0.1) is 0 Å². The number of hydrogen-bond acceptors (Lipinski definition) is 3. The van der Waals surface area contributed by atoms with E-state index in [1.54, 1.807) is 6.08 Å². The molecule has 114 valence electrons. The zero-order valence-electron chi connectivity index (χ0n) is 13.5. The third-order valence-electron chi connectivity index (χ3n) is 3.80. The van der Waals surface area contributed by atoms with Crippen LogP contribution in [0, 0.1) is 0 Å². The second-order valence-corrected chi connectivity index (χ2v) is 6.21. The van der Waals surface area contributed by atoms with Crippen LogP contribution < -0.4 is 0 Å². The van der Waals surface area contributed by atoms with E-state index in [2.05, 4.69) is 31.6 Å². The van der Waals surface area contributed by atoms with Crippen LogP contribution in [0.4, 0.5) is 0 Å². The first-order valence-electron chi connectivity index (χ1n) is 7.43. The molecule has 0 radical (unpaired) electrons. The van der Waals surface area contributed by atoms with Crippen LogP contribution in [0.5, 0.6) is 0 Å². The van der Waals surface area contributed by atoms with E-state index in [1.165, 1.54) is 19.1 Å². The van der Waals surface area contributed by atoms with Crippen molar-refractivity contribution in [2.45, 2.75) is 71.5 Å². The Hall–Kier alpha value is -1.09. The first kappa shape index (κ1) is 17.0. The minimum Gasteiger partial charge on any atom is -0.466 e. The molecule has 1 unspecified atom stereocenters. The molecule has 1 atom stereocenters. The molecule has 20 heavy (non-hydrogen) atoms. The zero-order chi connectivity index (χ0) is 15.2. The number of epoxide rings is 1. The van der Waals surface area contributed by atoms with Crippen LogP contribution in [0.1, 0.15) is 59.8 Å². The molecule has 3 nitrogen and oxygen atoms in total. The Kier molecular flexibility index (Phi) is 6.47. The minimum atomic E-state index is -0.268. The van der Waals surface area contributed by atoms with E-state index in [1.807, 2.05) is 6.92 Å². The predicted molar refractivity (Wildman–Crippen MR) is 81.6 cm³/mol. The molecular weight excluding hydrogens is 252 g/mol. The Morgan fingerprint density at radius 3 is 2.45 bits per heavy atom. The summed E-state index contributed by atoms with van der Waals surface area (Å²) in [6.07, 6.45) is 9.66. The molecule has 0 amide bonds.